The molecule has 1 saturated heterocycles. The SMILES string of the molecule is Cc1cccnc1-c1cc(N2CCC(C(=O)NCC3(O)CCC3)CC2)ncc1Cl. The minimum absolute atomic E-state index is 0.0141. The van der Waals surface area contributed by atoms with Gasteiger partial charge in [-0.05, 0) is 56.7 Å². The zero-order valence-electron chi connectivity index (χ0n) is 16.7. The van der Waals surface area contributed by atoms with Gasteiger partial charge in [-0.1, -0.05) is 17.7 Å². The molecule has 154 valence electrons. The lowest BCUT2D eigenvalue weighted by atomic mass is 9.80. The van der Waals surface area contributed by atoms with Crippen LogP contribution in [0.25, 0.3) is 11.3 Å². The van der Waals surface area contributed by atoms with E-state index in [-0.39, 0.29) is 11.8 Å². The molecule has 0 atom stereocenters. The van der Waals surface area contributed by atoms with E-state index in [4.69, 9.17) is 11.6 Å². The van der Waals surface area contributed by atoms with Crippen LogP contribution in [0.4, 0.5) is 5.82 Å². The van der Waals surface area contributed by atoms with Gasteiger partial charge in [0.05, 0.1) is 16.3 Å². The molecule has 0 aromatic carbocycles. The quantitative estimate of drug-likeness (QED) is 0.784. The summed E-state index contributed by atoms with van der Waals surface area (Å²) in [6.45, 7) is 3.91. The summed E-state index contributed by atoms with van der Waals surface area (Å²) in [5, 5.41) is 13.7. The van der Waals surface area contributed by atoms with Gasteiger partial charge in [-0.2, -0.15) is 0 Å². The molecule has 0 radical (unpaired) electrons. The molecule has 4 rings (SSSR count). The van der Waals surface area contributed by atoms with Crippen LogP contribution < -0.4 is 10.2 Å². The van der Waals surface area contributed by atoms with E-state index in [1.807, 2.05) is 25.1 Å². The number of nitrogens with zero attached hydrogens (tertiary/aromatic N) is 3. The number of carbonyl (C=O) groups is 1. The predicted octanol–water partition coefficient (Wildman–Crippen LogP) is 3.35. The third-order valence-electron chi connectivity index (χ3n) is 6.17. The van der Waals surface area contributed by atoms with Gasteiger partial charge in [0, 0.05) is 43.5 Å². The second-order valence-electron chi connectivity index (χ2n) is 8.25. The average molecular weight is 415 g/mol. The second-order valence-corrected chi connectivity index (χ2v) is 8.66. The Morgan fingerprint density at radius 1 is 1.34 bits per heavy atom. The van der Waals surface area contributed by atoms with Crippen molar-refractivity contribution in [3.63, 3.8) is 0 Å². The number of aryl methyl sites for hydroxylation is 1. The number of anilines is 1. The van der Waals surface area contributed by atoms with Gasteiger partial charge in [-0.25, -0.2) is 4.98 Å². The first kappa shape index (κ1) is 20.1. The largest absolute Gasteiger partial charge is 0.388 e. The standard InChI is InChI=1S/C22H27ClN4O2/c1-15-4-2-9-24-20(15)17-12-19(25-13-18(17)23)27-10-5-16(6-11-27)21(28)26-14-22(29)7-3-8-22/h2,4,9,12-13,16,29H,3,5-8,10-11,14H2,1H3,(H,26,28). The summed E-state index contributed by atoms with van der Waals surface area (Å²) >= 11 is 6.40. The van der Waals surface area contributed by atoms with Gasteiger partial charge in [-0.3, -0.25) is 9.78 Å². The monoisotopic (exact) mass is 414 g/mol. The first-order valence-electron chi connectivity index (χ1n) is 10.3. The summed E-state index contributed by atoms with van der Waals surface area (Å²) in [6, 6.07) is 5.92. The molecule has 3 heterocycles. The highest BCUT2D eigenvalue weighted by Gasteiger charge is 2.35. The number of aromatic nitrogens is 2. The van der Waals surface area contributed by atoms with E-state index in [1.165, 1.54) is 0 Å². The van der Waals surface area contributed by atoms with Crippen molar-refractivity contribution in [2.75, 3.05) is 24.5 Å². The zero-order valence-corrected chi connectivity index (χ0v) is 17.5. The number of hydrogen-bond donors (Lipinski definition) is 2. The molecular weight excluding hydrogens is 388 g/mol. The maximum Gasteiger partial charge on any atom is 0.223 e. The summed E-state index contributed by atoms with van der Waals surface area (Å²) in [5.74, 6) is 0.899. The number of pyridine rings is 2. The smallest absolute Gasteiger partial charge is 0.223 e. The van der Waals surface area contributed by atoms with Crippen LogP contribution in [0.15, 0.2) is 30.6 Å². The maximum absolute atomic E-state index is 12.5. The molecule has 0 spiro atoms. The predicted molar refractivity (Wildman–Crippen MR) is 114 cm³/mol. The molecular formula is C22H27ClN4O2. The van der Waals surface area contributed by atoms with E-state index in [1.54, 1.807) is 12.4 Å². The Hall–Kier alpha value is -2.18. The highest BCUT2D eigenvalue weighted by molar-refractivity contribution is 6.33. The molecule has 2 aliphatic rings. The summed E-state index contributed by atoms with van der Waals surface area (Å²) in [5.41, 5.74) is 2.13. The molecule has 2 aromatic rings. The fourth-order valence-corrected chi connectivity index (χ4v) is 4.27. The highest BCUT2D eigenvalue weighted by atomic mass is 35.5. The van der Waals surface area contributed by atoms with E-state index < -0.39 is 5.60 Å². The molecule has 0 bridgehead atoms. The van der Waals surface area contributed by atoms with E-state index >= 15 is 0 Å². The van der Waals surface area contributed by atoms with Crippen molar-refractivity contribution in [1.82, 2.24) is 15.3 Å². The van der Waals surface area contributed by atoms with Gasteiger partial charge in [0.25, 0.3) is 0 Å². The number of aliphatic hydroxyl groups is 1. The highest BCUT2D eigenvalue weighted by Crippen LogP contribution is 2.33. The summed E-state index contributed by atoms with van der Waals surface area (Å²) in [7, 11) is 0. The Morgan fingerprint density at radius 2 is 2.10 bits per heavy atom. The Bertz CT molecular complexity index is 892. The van der Waals surface area contributed by atoms with Crippen molar-refractivity contribution in [2.24, 2.45) is 5.92 Å². The first-order chi connectivity index (χ1) is 14.0. The summed E-state index contributed by atoms with van der Waals surface area (Å²) < 4.78 is 0. The van der Waals surface area contributed by atoms with Gasteiger partial charge in [0.15, 0.2) is 0 Å². The van der Waals surface area contributed by atoms with Crippen LogP contribution in [0, 0.1) is 12.8 Å². The molecule has 1 aliphatic heterocycles. The summed E-state index contributed by atoms with van der Waals surface area (Å²) in [6.07, 6.45) is 7.59. The van der Waals surface area contributed by atoms with Gasteiger partial charge in [0.2, 0.25) is 5.91 Å². The van der Waals surface area contributed by atoms with Crippen molar-refractivity contribution in [2.45, 2.75) is 44.6 Å². The molecule has 2 aromatic heterocycles. The topological polar surface area (TPSA) is 78.4 Å². The third-order valence-corrected chi connectivity index (χ3v) is 6.47. The van der Waals surface area contributed by atoms with Crippen LogP contribution in [0.5, 0.6) is 0 Å². The molecule has 2 N–H and O–H groups in total. The molecule has 29 heavy (non-hydrogen) atoms. The van der Waals surface area contributed by atoms with Crippen molar-refractivity contribution in [3.05, 3.63) is 41.2 Å². The molecule has 2 fully saturated rings. The number of piperidine rings is 1. The van der Waals surface area contributed by atoms with Gasteiger partial charge in [0.1, 0.15) is 5.82 Å². The van der Waals surface area contributed by atoms with Crippen LogP contribution in [0.3, 0.4) is 0 Å². The number of halogens is 1. The Kier molecular flexibility index (Phi) is 5.74. The number of rotatable bonds is 5. The first-order valence-corrected chi connectivity index (χ1v) is 10.7. The van der Waals surface area contributed by atoms with E-state index in [0.29, 0.717) is 11.6 Å². The van der Waals surface area contributed by atoms with Crippen LogP contribution >= 0.6 is 11.6 Å². The second kappa shape index (κ2) is 8.28. The van der Waals surface area contributed by atoms with Crippen molar-refractivity contribution in [1.29, 1.82) is 0 Å². The van der Waals surface area contributed by atoms with E-state index in [0.717, 1.165) is 67.8 Å². The fourth-order valence-electron chi connectivity index (χ4n) is 4.08. The number of hydrogen-bond acceptors (Lipinski definition) is 5. The molecule has 0 unspecified atom stereocenters. The van der Waals surface area contributed by atoms with Gasteiger partial charge in [-0.15, -0.1) is 0 Å². The Labute approximate surface area is 176 Å². The average Bonchev–Trinajstić information content (AvgIpc) is 2.72. The van der Waals surface area contributed by atoms with Crippen LogP contribution in [0.1, 0.15) is 37.7 Å². The fraction of sp³-hybridized carbons (Fsp3) is 0.500. The zero-order chi connectivity index (χ0) is 20.4. The minimum Gasteiger partial charge on any atom is -0.388 e. The lowest BCUT2D eigenvalue weighted by molar-refractivity contribution is -0.128. The van der Waals surface area contributed by atoms with Crippen molar-refractivity contribution < 1.29 is 9.90 Å². The van der Waals surface area contributed by atoms with Crippen LogP contribution in [0.2, 0.25) is 5.02 Å². The van der Waals surface area contributed by atoms with Gasteiger partial charge < -0.3 is 15.3 Å². The van der Waals surface area contributed by atoms with E-state index in [2.05, 4.69) is 20.2 Å². The molecule has 1 amide bonds. The molecule has 7 heteroatoms. The van der Waals surface area contributed by atoms with E-state index in [9.17, 15) is 9.90 Å². The van der Waals surface area contributed by atoms with Crippen molar-refractivity contribution in [3.8, 4) is 11.3 Å². The van der Waals surface area contributed by atoms with Crippen LogP contribution in [-0.4, -0.2) is 46.2 Å². The van der Waals surface area contributed by atoms with Crippen molar-refractivity contribution >= 4 is 23.3 Å². The lowest BCUT2D eigenvalue weighted by Gasteiger charge is -2.37. The number of nitrogens with one attached hydrogen (secondary N) is 1. The lowest BCUT2D eigenvalue weighted by Crippen LogP contribution is -2.50. The van der Waals surface area contributed by atoms with Gasteiger partial charge >= 0.3 is 0 Å². The third kappa shape index (κ3) is 4.38. The molecule has 1 aliphatic carbocycles. The summed E-state index contributed by atoms with van der Waals surface area (Å²) in [4.78, 5) is 23.6. The number of amides is 1. The van der Waals surface area contributed by atoms with Crippen LogP contribution in [-0.2, 0) is 4.79 Å². The number of carbonyl (C=O) groups excluding carboxylic acids is 1. The molecule has 1 saturated carbocycles. The normalized spacial score (nSPS) is 18.9. The Balaban J connectivity index is 1.39. The minimum atomic E-state index is -0.677. The Morgan fingerprint density at radius 3 is 2.76 bits per heavy atom. The molecule has 6 nitrogen and oxygen atoms in total. The maximum atomic E-state index is 12.5.